The first-order chi connectivity index (χ1) is 26.6. The van der Waals surface area contributed by atoms with Gasteiger partial charge in [-0.2, -0.15) is 0 Å². The lowest BCUT2D eigenvalue weighted by Crippen LogP contribution is -2.40. The van der Waals surface area contributed by atoms with Gasteiger partial charge in [-0.3, -0.25) is 11.7 Å². The van der Waals surface area contributed by atoms with Crippen LogP contribution in [-0.4, -0.2) is 4.57 Å². The van der Waals surface area contributed by atoms with Crippen LogP contribution in [0.25, 0.3) is 63.9 Å². The van der Waals surface area contributed by atoms with E-state index in [9.17, 15) is 0 Å². The molecule has 5 heteroatoms. The molecule has 6 N–H and O–H groups in total. The number of nitrogens with zero attached hydrogens (tertiary/aromatic N) is 1. The summed E-state index contributed by atoms with van der Waals surface area (Å²) in [4.78, 5) is 0. The minimum atomic E-state index is -0.697. The number of fused-ring (bicyclic) bond motifs is 7. The van der Waals surface area contributed by atoms with Gasteiger partial charge < -0.3 is 10.3 Å². The molecule has 1 unspecified atom stereocenters. The molecule has 0 aliphatic heterocycles. The number of rotatable bonds is 8. The van der Waals surface area contributed by atoms with Crippen LogP contribution in [-0.2, 0) is 18.5 Å². The molecule has 2 aromatic heterocycles. The zero-order chi connectivity index (χ0) is 37.7. The zero-order valence-corrected chi connectivity index (χ0v) is 31.7. The fourth-order valence-electron chi connectivity index (χ4n) is 7.74. The second-order valence-corrected chi connectivity index (χ2v) is 14.3. The van der Waals surface area contributed by atoms with Gasteiger partial charge in [0.25, 0.3) is 0 Å². The number of benzene rings is 7. The van der Waals surface area contributed by atoms with E-state index in [1.165, 1.54) is 69.4 Å². The summed E-state index contributed by atoms with van der Waals surface area (Å²) in [5.74, 6) is 8.00. The third-order valence-electron chi connectivity index (χ3n) is 10.3. The topological polar surface area (TPSA) is 83.0 Å². The molecule has 0 saturated carbocycles. The van der Waals surface area contributed by atoms with Gasteiger partial charge in [0.2, 0.25) is 0 Å². The molecule has 4 nitrogen and oxygen atoms in total. The van der Waals surface area contributed by atoms with Crippen molar-refractivity contribution in [2.75, 3.05) is 0 Å². The summed E-state index contributed by atoms with van der Waals surface area (Å²) in [6.45, 7) is 8.64. The number of thiophene rings is 1. The monoisotopic (exact) mass is 722 g/mol. The lowest BCUT2D eigenvalue weighted by molar-refractivity contribution is 0.538. The predicted octanol–water partition coefficient (Wildman–Crippen LogP) is 12.0. The quantitative estimate of drug-likeness (QED) is 0.0829. The van der Waals surface area contributed by atoms with Crippen molar-refractivity contribution >= 4 is 64.1 Å². The second-order valence-electron chi connectivity index (χ2n) is 13.2. The Labute approximate surface area is 321 Å². The maximum atomic E-state index is 7.56. The van der Waals surface area contributed by atoms with Crippen LogP contribution in [0.1, 0.15) is 30.5 Å². The van der Waals surface area contributed by atoms with E-state index in [4.69, 9.17) is 5.73 Å². The zero-order valence-electron chi connectivity index (χ0n) is 30.9. The summed E-state index contributed by atoms with van der Waals surface area (Å²) >= 11 is 1.87. The molecule has 0 saturated heterocycles. The van der Waals surface area contributed by atoms with E-state index in [0.717, 1.165) is 17.7 Å². The smallest absolute Gasteiger partial charge is 0.0707 e. The largest absolute Gasteiger partial charge is 0.337 e. The van der Waals surface area contributed by atoms with Gasteiger partial charge in [0.05, 0.1) is 5.54 Å². The highest BCUT2D eigenvalue weighted by molar-refractivity contribution is 7.26. The van der Waals surface area contributed by atoms with Crippen LogP contribution in [0.5, 0.6) is 0 Å². The van der Waals surface area contributed by atoms with Crippen molar-refractivity contribution in [2.45, 2.75) is 32.4 Å². The van der Waals surface area contributed by atoms with E-state index < -0.39 is 5.54 Å². The SMILES string of the molecule is C=C/C=C\Cn1c2ccccc2c2cc(-c3ccc4sc5c(CC(N)(c6ccccc6)c6ccc7ccccc7c6)cccc5c4c3)ccc21.CC.NN. The van der Waals surface area contributed by atoms with Crippen molar-refractivity contribution < 1.29 is 0 Å². The van der Waals surface area contributed by atoms with Crippen molar-refractivity contribution in [3.8, 4) is 11.1 Å². The Hall–Kier alpha value is -5.82. The molecule has 9 aromatic rings. The van der Waals surface area contributed by atoms with E-state index in [-0.39, 0.29) is 0 Å². The normalized spacial score (nSPS) is 12.5. The molecule has 2 heterocycles. The van der Waals surface area contributed by atoms with E-state index in [1.807, 2.05) is 37.3 Å². The van der Waals surface area contributed by atoms with Crippen LogP contribution in [0.3, 0.4) is 0 Å². The molecule has 0 spiro atoms. The number of nitrogens with two attached hydrogens (primary N) is 3. The molecule has 0 aliphatic carbocycles. The average molecular weight is 723 g/mol. The predicted molar refractivity (Wildman–Crippen MR) is 236 cm³/mol. The molecule has 0 fully saturated rings. The van der Waals surface area contributed by atoms with E-state index >= 15 is 0 Å². The van der Waals surface area contributed by atoms with E-state index in [0.29, 0.717) is 6.42 Å². The summed E-state index contributed by atoms with van der Waals surface area (Å²) in [6.07, 6.45) is 6.70. The first-order valence-corrected chi connectivity index (χ1v) is 19.3. The van der Waals surface area contributed by atoms with Crippen LogP contribution in [0.15, 0.2) is 176 Å². The lowest BCUT2D eigenvalue weighted by Gasteiger charge is -2.31. The molecular formula is C49H46N4S. The number of allylic oxidation sites excluding steroid dienone is 3. The molecule has 54 heavy (non-hydrogen) atoms. The maximum Gasteiger partial charge on any atom is 0.0707 e. The summed E-state index contributed by atoms with van der Waals surface area (Å²) in [5, 5.41) is 7.55. The number of para-hydroxylation sites is 1. The van der Waals surface area contributed by atoms with Crippen LogP contribution in [0.4, 0.5) is 0 Å². The Kier molecular flexibility index (Phi) is 10.9. The van der Waals surface area contributed by atoms with Crippen LogP contribution in [0, 0.1) is 0 Å². The van der Waals surface area contributed by atoms with E-state index in [1.54, 1.807) is 0 Å². The van der Waals surface area contributed by atoms with Gasteiger partial charge in [0, 0.05) is 54.9 Å². The summed E-state index contributed by atoms with van der Waals surface area (Å²) in [5.41, 5.74) is 15.3. The maximum absolute atomic E-state index is 7.56. The van der Waals surface area contributed by atoms with Crippen molar-refractivity contribution in [3.63, 3.8) is 0 Å². The van der Waals surface area contributed by atoms with Crippen molar-refractivity contribution in [1.29, 1.82) is 0 Å². The minimum Gasteiger partial charge on any atom is -0.337 e. The Morgan fingerprint density at radius 2 is 1.28 bits per heavy atom. The second kappa shape index (κ2) is 16.0. The fourth-order valence-corrected chi connectivity index (χ4v) is 8.94. The van der Waals surface area contributed by atoms with Crippen LogP contribution in [0.2, 0.25) is 0 Å². The minimum absolute atomic E-state index is 0.690. The molecule has 1 atom stereocenters. The molecule has 0 bridgehead atoms. The highest BCUT2D eigenvalue weighted by Crippen LogP contribution is 2.42. The first kappa shape index (κ1) is 36.5. The van der Waals surface area contributed by atoms with Gasteiger partial charge in [-0.1, -0.05) is 154 Å². The van der Waals surface area contributed by atoms with E-state index in [2.05, 4.69) is 181 Å². The Morgan fingerprint density at radius 3 is 2.07 bits per heavy atom. The molecule has 9 rings (SSSR count). The molecular weight excluding hydrogens is 677 g/mol. The summed E-state index contributed by atoms with van der Waals surface area (Å²) < 4.78 is 4.98. The molecule has 268 valence electrons. The highest BCUT2D eigenvalue weighted by atomic mass is 32.1. The van der Waals surface area contributed by atoms with Crippen molar-refractivity contribution in [3.05, 3.63) is 193 Å². The van der Waals surface area contributed by atoms with Crippen LogP contribution < -0.4 is 17.4 Å². The Bertz CT molecular complexity index is 2760. The van der Waals surface area contributed by atoms with Gasteiger partial charge in [-0.25, -0.2) is 0 Å². The van der Waals surface area contributed by atoms with Gasteiger partial charge in [-0.15, -0.1) is 11.3 Å². The summed E-state index contributed by atoms with van der Waals surface area (Å²) in [7, 11) is 0. The standard InChI is InChI=1S/C47H36N2S.C2H6.H4N2/c1-2-3-11-27-49-43-20-10-9-18-39(43)41-29-34(22-25-44(41)49)35-23-26-45-42(30-35)40-19-12-15-36(46(40)50-45)31-47(48,37-16-5-4-6-17-37)38-24-21-32-13-7-8-14-33(32)28-38;2*1-2/h2-26,28-30H,1,27,31,48H2;1-2H3;1-2H2/b11-3-;;. The Balaban J connectivity index is 0.00000109. The van der Waals surface area contributed by atoms with Gasteiger partial charge in [0.1, 0.15) is 0 Å². The van der Waals surface area contributed by atoms with Gasteiger partial charge in [0.15, 0.2) is 0 Å². The van der Waals surface area contributed by atoms with Gasteiger partial charge in [-0.05, 0) is 75.0 Å². The number of hydrazine groups is 1. The highest BCUT2D eigenvalue weighted by Gasteiger charge is 2.31. The third-order valence-corrected chi connectivity index (χ3v) is 11.5. The number of aromatic nitrogens is 1. The number of hydrogen-bond acceptors (Lipinski definition) is 4. The molecule has 7 aromatic carbocycles. The Morgan fingerprint density at radius 1 is 0.611 bits per heavy atom. The lowest BCUT2D eigenvalue weighted by atomic mass is 9.78. The van der Waals surface area contributed by atoms with Gasteiger partial charge >= 0.3 is 0 Å². The first-order valence-electron chi connectivity index (χ1n) is 18.5. The molecule has 0 aliphatic rings. The van der Waals surface area contributed by atoms with Crippen molar-refractivity contribution in [1.82, 2.24) is 4.57 Å². The molecule has 0 amide bonds. The molecule has 0 radical (unpaired) electrons. The van der Waals surface area contributed by atoms with Crippen LogP contribution >= 0.6 is 11.3 Å². The third kappa shape index (κ3) is 6.64. The fraction of sp³-hybridized carbons (Fsp3) is 0.102. The van der Waals surface area contributed by atoms with Crippen molar-refractivity contribution in [2.24, 2.45) is 17.4 Å². The summed E-state index contributed by atoms with van der Waals surface area (Å²) in [6, 6.07) is 55.0. The number of hydrogen-bond donors (Lipinski definition) is 3. The average Bonchev–Trinajstić information content (AvgIpc) is 3.78.